The number of hydrogen-bond acceptors (Lipinski definition) is 2. The second-order valence-corrected chi connectivity index (χ2v) is 3.81. The first-order valence-corrected chi connectivity index (χ1v) is 5.21. The van der Waals surface area contributed by atoms with Gasteiger partial charge in [-0.3, -0.25) is 0 Å². The van der Waals surface area contributed by atoms with E-state index >= 15 is 0 Å². The zero-order valence-electron chi connectivity index (χ0n) is 9.53. The molecule has 0 bridgehead atoms. The van der Waals surface area contributed by atoms with Crippen molar-refractivity contribution < 1.29 is 4.74 Å². The van der Waals surface area contributed by atoms with E-state index in [4.69, 9.17) is 10.5 Å². The van der Waals surface area contributed by atoms with Gasteiger partial charge >= 0.3 is 0 Å². The summed E-state index contributed by atoms with van der Waals surface area (Å²) < 4.78 is 5.22. The summed E-state index contributed by atoms with van der Waals surface area (Å²) >= 11 is 0. The maximum atomic E-state index is 5.74. The van der Waals surface area contributed by atoms with E-state index in [1.165, 1.54) is 11.1 Å². The summed E-state index contributed by atoms with van der Waals surface area (Å²) in [6.07, 6.45) is 0. The Balaban J connectivity index is 2.49. The van der Waals surface area contributed by atoms with Crippen LogP contribution in [0.25, 0.3) is 11.1 Å². The van der Waals surface area contributed by atoms with E-state index in [1.807, 2.05) is 36.4 Å². The summed E-state index contributed by atoms with van der Waals surface area (Å²) in [6.45, 7) is 2.06. The van der Waals surface area contributed by atoms with Crippen LogP contribution in [0.3, 0.4) is 0 Å². The third-order valence-corrected chi connectivity index (χ3v) is 2.63. The van der Waals surface area contributed by atoms with Crippen molar-refractivity contribution in [3.8, 4) is 16.9 Å². The molecule has 0 radical (unpaired) electrons. The van der Waals surface area contributed by atoms with Gasteiger partial charge in [0.25, 0.3) is 0 Å². The lowest BCUT2D eigenvalue weighted by atomic mass is 10.00. The second kappa shape index (κ2) is 4.27. The highest BCUT2D eigenvalue weighted by molar-refractivity contribution is 5.70. The number of methoxy groups -OCH3 is 1. The number of hydrogen-bond donors (Lipinski definition) is 1. The Bertz CT molecular complexity index is 506. The first-order chi connectivity index (χ1) is 7.70. The lowest BCUT2D eigenvalue weighted by Crippen LogP contribution is -1.89. The number of aryl methyl sites for hydroxylation is 1. The van der Waals surface area contributed by atoms with Crippen molar-refractivity contribution in [2.24, 2.45) is 0 Å². The van der Waals surface area contributed by atoms with Gasteiger partial charge in [-0.05, 0) is 47.9 Å². The monoisotopic (exact) mass is 213 g/mol. The van der Waals surface area contributed by atoms with Crippen molar-refractivity contribution in [3.63, 3.8) is 0 Å². The van der Waals surface area contributed by atoms with Crippen LogP contribution in [0.5, 0.6) is 5.75 Å². The van der Waals surface area contributed by atoms with E-state index in [0.29, 0.717) is 0 Å². The molecule has 0 aliphatic rings. The van der Waals surface area contributed by atoms with Gasteiger partial charge in [-0.2, -0.15) is 0 Å². The number of anilines is 1. The van der Waals surface area contributed by atoms with Gasteiger partial charge in [0.1, 0.15) is 5.75 Å². The number of benzene rings is 2. The first kappa shape index (κ1) is 10.6. The second-order valence-electron chi connectivity index (χ2n) is 3.81. The molecule has 2 N–H and O–H groups in total. The van der Waals surface area contributed by atoms with Gasteiger partial charge in [0.15, 0.2) is 0 Å². The predicted octanol–water partition coefficient (Wildman–Crippen LogP) is 3.25. The molecule has 0 fully saturated rings. The predicted molar refractivity (Wildman–Crippen MR) is 67.6 cm³/mol. The Morgan fingerprint density at radius 2 is 1.88 bits per heavy atom. The zero-order valence-corrected chi connectivity index (χ0v) is 9.53. The van der Waals surface area contributed by atoms with E-state index in [2.05, 4.69) is 13.0 Å². The van der Waals surface area contributed by atoms with Crippen LogP contribution in [0.4, 0.5) is 5.69 Å². The molecule has 0 atom stereocenters. The quantitative estimate of drug-likeness (QED) is 0.777. The van der Waals surface area contributed by atoms with E-state index in [0.717, 1.165) is 17.0 Å². The molecule has 2 nitrogen and oxygen atoms in total. The topological polar surface area (TPSA) is 35.2 Å². The maximum Gasteiger partial charge on any atom is 0.119 e. The van der Waals surface area contributed by atoms with Crippen molar-refractivity contribution in [2.45, 2.75) is 6.92 Å². The summed E-state index contributed by atoms with van der Waals surface area (Å²) in [4.78, 5) is 0. The normalized spacial score (nSPS) is 10.1. The van der Waals surface area contributed by atoms with E-state index in [1.54, 1.807) is 7.11 Å². The molecule has 82 valence electrons. The molecule has 2 aromatic rings. The SMILES string of the molecule is COc1cccc(-c2ccc(N)cc2C)c1. The Kier molecular flexibility index (Phi) is 2.82. The van der Waals surface area contributed by atoms with Crippen LogP contribution in [-0.2, 0) is 0 Å². The highest BCUT2D eigenvalue weighted by atomic mass is 16.5. The zero-order chi connectivity index (χ0) is 11.5. The van der Waals surface area contributed by atoms with Gasteiger partial charge in [-0.25, -0.2) is 0 Å². The molecular weight excluding hydrogens is 198 g/mol. The maximum absolute atomic E-state index is 5.74. The van der Waals surface area contributed by atoms with Crippen molar-refractivity contribution in [2.75, 3.05) is 12.8 Å². The van der Waals surface area contributed by atoms with Gasteiger partial charge in [0.2, 0.25) is 0 Å². The van der Waals surface area contributed by atoms with Gasteiger partial charge in [-0.1, -0.05) is 18.2 Å². The fourth-order valence-electron chi connectivity index (χ4n) is 1.80. The number of ether oxygens (including phenoxy) is 1. The van der Waals surface area contributed by atoms with Crippen molar-refractivity contribution in [1.29, 1.82) is 0 Å². The number of nitrogens with two attached hydrogens (primary N) is 1. The Morgan fingerprint density at radius 3 is 2.56 bits per heavy atom. The summed E-state index contributed by atoms with van der Waals surface area (Å²) in [7, 11) is 1.68. The number of nitrogen functional groups attached to an aromatic ring is 1. The molecule has 0 amide bonds. The molecule has 0 saturated heterocycles. The van der Waals surface area contributed by atoms with Crippen molar-refractivity contribution >= 4 is 5.69 Å². The van der Waals surface area contributed by atoms with Gasteiger partial charge < -0.3 is 10.5 Å². The van der Waals surface area contributed by atoms with E-state index in [-0.39, 0.29) is 0 Å². The summed E-state index contributed by atoms with van der Waals surface area (Å²) in [5.41, 5.74) is 10.0. The summed E-state index contributed by atoms with van der Waals surface area (Å²) in [5, 5.41) is 0. The third kappa shape index (κ3) is 2.01. The van der Waals surface area contributed by atoms with Crippen LogP contribution in [0.1, 0.15) is 5.56 Å². The third-order valence-electron chi connectivity index (χ3n) is 2.63. The Morgan fingerprint density at radius 1 is 1.06 bits per heavy atom. The highest BCUT2D eigenvalue weighted by Crippen LogP contribution is 2.27. The van der Waals surface area contributed by atoms with E-state index < -0.39 is 0 Å². The van der Waals surface area contributed by atoms with Crippen LogP contribution in [0.15, 0.2) is 42.5 Å². The number of rotatable bonds is 2. The average molecular weight is 213 g/mol. The van der Waals surface area contributed by atoms with Gasteiger partial charge in [0, 0.05) is 5.69 Å². The molecule has 16 heavy (non-hydrogen) atoms. The van der Waals surface area contributed by atoms with Gasteiger partial charge in [-0.15, -0.1) is 0 Å². The fourth-order valence-corrected chi connectivity index (χ4v) is 1.80. The fraction of sp³-hybridized carbons (Fsp3) is 0.143. The van der Waals surface area contributed by atoms with Crippen molar-refractivity contribution in [1.82, 2.24) is 0 Å². The van der Waals surface area contributed by atoms with E-state index in [9.17, 15) is 0 Å². The minimum Gasteiger partial charge on any atom is -0.497 e. The Hall–Kier alpha value is -1.96. The van der Waals surface area contributed by atoms with Crippen molar-refractivity contribution in [3.05, 3.63) is 48.0 Å². The molecule has 0 heterocycles. The molecule has 2 heteroatoms. The summed E-state index contributed by atoms with van der Waals surface area (Å²) in [5.74, 6) is 0.869. The standard InChI is InChI=1S/C14H15NO/c1-10-8-12(15)6-7-14(10)11-4-3-5-13(9-11)16-2/h3-9H,15H2,1-2H3. The minimum absolute atomic E-state index is 0.796. The molecule has 0 unspecified atom stereocenters. The Labute approximate surface area is 95.7 Å². The smallest absolute Gasteiger partial charge is 0.119 e. The molecule has 2 aromatic carbocycles. The highest BCUT2D eigenvalue weighted by Gasteiger charge is 2.03. The largest absolute Gasteiger partial charge is 0.497 e. The lowest BCUT2D eigenvalue weighted by molar-refractivity contribution is 0.415. The summed E-state index contributed by atoms with van der Waals surface area (Å²) in [6, 6.07) is 14.0. The van der Waals surface area contributed by atoms with Crippen LogP contribution in [0, 0.1) is 6.92 Å². The average Bonchev–Trinajstić information content (AvgIpc) is 2.29. The van der Waals surface area contributed by atoms with Crippen LogP contribution < -0.4 is 10.5 Å². The molecular formula is C14H15NO. The van der Waals surface area contributed by atoms with Crippen LogP contribution >= 0.6 is 0 Å². The van der Waals surface area contributed by atoms with Gasteiger partial charge in [0.05, 0.1) is 7.11 Å². The molecule has 0 aliphatic heterocycles. The lowest BCUT2D eigenvalue weighted by Gasteiger charge is -2.08. The first-order valence-electron chi connectivity index (χ1n) is 5.21. The molecule has 0 aliphatic carbocycles. The molecule has 0 saturated carbocycles. The minimum atomic E-state index is 0.796. The van der Waals surface area contributed by atoms with Crippen LogP contribution in [0.2, 0.25) is 0 Å². The molecule has 2 rings (SSSR count). The molecule has 0 aromatic heterocycles. The molecule has 0 spiro atoms. The van der Waals surface area contributed by atoms with Crippen LogP contribution in [-0.4, -0.2) is 7.11 Å².